The summed E-state index contributed by atoms with van der Waals surface area (Å²) in [5.74, 6) is 1.55. The average molecular weight is 281 g/mol. The van der Waals surface area contributed by atoms with Gasteiger partial charge in [-0.05, 0) is 18.2 Å². The van der Waals surface area contributed by atoms with Crippen molar-refractivity contribution in [3.63, 3.8) is 0 Å². The van der Waals surface area contributed by atoms with E-state index in [-0.39, 0.29) is 0 Å². The smallest absolute Gasteiger partial charge is 0.162 e. The van der Waals surface area contributed by atoms with Crippen molar-refractivity contribution < 1.29 is 9.47 Å². The number of benzene rings is 1. The third-order valence-corrected chi connectivity index (χ3v) is 3.40. The minimum atomic E-state index is 0.387. The van der Waals surface area contributed by atoms with Crippen LogP contribution >= 0.6 is 23.4 Å². The third kappa shape index (κ3) is 2.52. The molecule has 2 heterocycles. The van der Waals surface area contributed by atoms with Crippen LogP contribution in [-0.4, -0.2) is 23.2 Å². The number of hydrogen-bond acceptors (Lipinski definition) is 5. The van der Waals surface area contributed by atoms with Crippen LogP contribution in [0.1, 0.15) is 0 Å². The predicted molar refractivity (Wildman–Crippen MR) is 68.6 cm³/mol. The van der Waals surface area contributed by atoms with E-state index < -0.39 is 0 Å². The predicted octanol–water partition coefficient (Wildman–Crippen LogP) is 3.05. The standard InChI is InChI=1S/C12H9ClN2O2S/c13-11-6-14-7-12(15-11)18-8-1-2-9-10(5-8)17-4-3-16-9/h1-2,5-7H,3-4H2. The number of halogens is 1. The van der Waals surface area contributed by atoms with E-state index in [0.29, 0.717) is 18.4 Å². The SMILES string of the molecule is Clc1cncc(Sc2ccc3c(c2)OCCO3)n1. The highest BCUT2D eigenvalue weighted by Crippen LogP contribution is 2.36. The van der Waals surface area contributed by atoms with Gasteiger partial charge >= 0.3 is 0 Å². The Hall–Kier alpha value is -1.46. The molecule has 0 fully saturated rings. The topological polar surface area (TPSA) is 44.2 Å². The maximum Gasteiger partial charge on any atom is 0.162 e. The van der Waals surface area contributed by atoms with Gasteiger partial charge in [0.05, 0.1) is 12.4 Å². The van der Waals surface area contributed by atoms with Gasteiger partial charge in [-0.25, -0.2) is 4.98 Å². The Bertz CT molecular complexity index is 580. The fraction of sp³-hybridized carbons (Fsp3) is 0.167. The molecule has 0 amide bonds. The molecule has 0 saturated carbocycles. The van der Waals surface area contributed by atoms with Crippen LogP contribution in [0.2, 0.25) is 5.15 Å². The van der Waals surface area contributed by atoms with Gasteiger partial charge in [-0.3, -0.25) is 4.98 Å². The molecule has 6 heteroatoms. The first-order valence-corrected chi connectivity index (χ1v) is 6.56. The molecule has 1 aromatic carbocycles. The summed E-state index contributed by atoms with van der Waals surface area (Å²) >= 11 is 7.28. The van der Waals surface area contributed by atoms with Gasteiger partial charge in [-0.1, -0.05) is 23.4 Å². The summed E-state index contributed by atoms with van der Waals surface area (Å²) in [7, 11) is 0. The molecule has 0 unspecified atom stereocenters. The number of fused-ring (bicyclic) bond motifs is 1. The van der Waals surface area contributed by atoms with E-state index in [4.69, 9.17) is 21.1 Å². The molecule has 18 heavy (non-hydrogen) atoms. The zero-order chi connectivity index (χ0) is 12.4. The van der Waals surface area contributed by atoms with Gasteiger partial charge in [0, 0.05) is 4.90 Å². The van der Waals surface area contributed by atoms with E-state index in [0.717, 1.165) is 21.4 Å². The van der Waals surface area contributed by atoms with Crippen molar-refractivity contribution in [3.8, 4) is 11.5 Å². The van der Waals surface area contributed by atoms with E-state index in [1.54, 1.807) is 6.20 Å². The van der Waals surface area contributed by atoms with Crippen molar-refractivity contribution in [3.05, 3.63) is 35.7 Å². The van der Waals surface area contributed by atoms with Crippen LogP contribution in [0.15, 0.2) is 40.5 Å². The summed E-state index contributed by atoms with van der Waals surface area (Å²) < 4.78 is 11.0. The summed E-state index contributed by atoms with van der Waals surface area (Å²) in [4.78, 5) is 9.18. The fourth-order valence-electron chi connectivity index (χ4n) is 1.58. The van der Waals surface area contributed by atoms with Crippen molar-refractivity contribution in [2.24, 2.45) is 0 Å². The van der Waals surface area contributed by atoms with Crippen LogP contribution < -0.4 is 9.47 Å². The van der Waals surface area contributed by atoms with Crippen LogP contribution in [0.4, 0.5) is 0 Å². The number of nitrogens with zero attached hydrogens (tertiary/aromatic N) is 2. The monoisotopic (exact) mass is 280 g/mol. The molecule has 1 aromatic heterocycles. The Morgan fingerprint density at radius 2 is 1.94 bits per heavy atom. The van der Waals surface area contributed by atoms with Crippen LogP contribution in [0.3, 0.4) is 0 Å². The second-order valence-corrected chi connectivity index (χ2v) is 5.07. The first-order chi connectivity index (χ1) is 8.81. The van der Waals surface area contributed by atoms with Crippen molar-refractivity contribution in [2.75, 3.05) is 13.2 Å². The largest absolute Gasteiger partial charge is 0.486 e. The highest BCUT2D eigenvalue weighted by molar-refractivity contribution is 7.99. The molecule has 0 N–H and O–H groups in total. The Morgan fingerprint density at radius 3 is 2.78 bits per heavy atom. The normalized spacial score (nSPS) is 13.4. The van der Waals surface area contributed by atoms with E-state index in [1.165, 1.54) is 18.0 Å². The zero-order valence-corrected chi connectivity index (χ0v) is 10.9. The maximum absolute atomic E-state index is 5.79. The van der Waals surface area contributed by atoms with Crippen molar-refractivity contribution in [1.29, 1.82) is 0 Å². The molecule has 0 aliphatic carbocycles. The highest BCUT2D eigenvalue weighted by Gasteiger charge is 2.12. The molecule has 2 aromatic rings. The summed E-state index contributed by atoms with van der Waals surface area (Å²) in [6, 6.07) is 5.79. The maximum atomic E-state index is 5.79. The molecule has 1 aliphatic rings. The minimum Gasteiger partial charge on any atom is -0.486 e. The van der Waals surface area contributed by atoms with Gasteiger partial charge in [0.15, 0.2) is 11.5 Å². The quantitative estimate of drug-likeness (QED) is 0.846. The van der Waals surface area contributed by atoms with Crippen LogP contribution in [0.5, 0.6) is 11.5 Å². The molecular formula is C12H9ClN2O2S. The molecular weight excluding hydrogens is 272 g/mol. The molecule has 92 valence electrons. The lowest BCUT2D eigenvalue weighted by Crippen LogP contribution is -2.15. The summed E-state index contributed by atoms with van der Waals surface area (Å²) in [6.07, 6.45) is 3.18. The van der Waals surface area contributed by atoms with Gasteiger partial charge in [0.25, 0.3) is 0 Å². The molecule has 1 aliphatic heterocycles. The minimum absolute atomic E-state index is 0.387. The molecule has 3 rings (SSSR count). The molecule has 0 spiro atoms. The lowest BCUT2D eigenvalue weighted by atomic mass is 10.3. The van der Waals surface area contributed by atoms with E-state index in [2.05, 4.69) is 9.97 Å². The van der Waals surface area contributed by atoms with Gasteiger partial charge in [0.2, 0.25) is 0 Å². The molecule has 0 bridgehead atoms. The molecule has 0 atom stereocenters. The highest BCUT2D eigenvalue weighted by atomic mass is 35.5. The first kappa shape index (κ1) is 11.6. The lowest BCUT2D eigenvalue weighted by Gasteiger charge is -2.18. The Balaban J connectivity index is 1.85. The van der Waals surface area contributed by atoms with Crippen molar-refractivity contribution in [2.45, 2.75) is 9.92 Å². The lowest BCUT2D eigenvalue weighted by molar-refractivity contribution is 0.171. The first-order valence-electron chi connectivity index (χ1n) is 5.36. The van der Waals surface area contributed by atoms with Gasteiger partial charge in [-0.15, -0.1) is 0 Å². The van der Waals surface area contributed by atoms with E-state index >= 15 is 0 Å². The van der Waals surface area contributed by atoms with Gasteiger partial charge in [-0.2, -0.15) is 0 Å². The zero-order valence-electron chi connectivity index (χ0n) is 9.30. The van der Waals surface area contributed by atoms with Crippen LogP contribution in [0, 0.1) is 0 Å². The Morgan fingerprint density at radius 1 is 1.11 bits per heavy atom. The van der Waals surface area contributed by atoms with Crippen LogP contribution in [-0.2, 0) is 0 Å². The fourth-order valence-corrected chi connectivity index (χ4v) is 2.58. The number of aromatic nitrogens is 2. The number of ether oxygens (including phenoxy) is 2. The summed E-state index contributed by atoms with van der Waals surface area (Å²) in [6.45, 7) is 1.18. The van der Waals surface area contributed by atoms with E-state index in [9.17, 15) is 0 Å². The number of hydrogen-bond donors (Lipinski definition) is 0. The van der Waals surface area contributed by atoms with E-state index in [1.807, 2.05) is 18.2 Å². The number of rotatable bonds is 2. The van der Waals surface area contributed by atoms with Crippen molar-refractivity contribution in [1.82, 2.24) is 9.97 Å². The summed E-state index contributed by atoms with van der Waals surface area (Å²) in [5.41, 5.74) is 0. The average Bonchev–Trinajstić information content (AvgIpc) is 2.39. The summed E-state index contributed by atoms with van der Waals surface area (Å²) in [5, 5.41) is 1.14. The Labute approximate surface area is 113 Å². The van der Waals surface area contributed by atoms with Crippen LogP contribution in [0.25, 0.3) is 0 Å². The molecule has 4 nitrogen and oxygen atoms in total. The van der Waals surface area contributed by atoms with Gasteiger partial charge in [0.1, 0.15) is 23.4 Å². The second-order valence-electron chi connectivity index (χ2n) is 3.59. The van der Waals surface area contributed by atoms with Gasteiger partial charge < -0.3 is 9.47 Å². The Kier molecular flexibility index (Phi) is 3.25. The van der Waals surface area contributed by atoms with Crippen molar-refractivity contribution >= 4 is 23.4 Å². The molecule has 0 radical (unpaired) electrons. The third-order valence-electron chi connectivity index (χ3n) is 2.32. The second kappa shape index (κ2) is 5.04. The molecule has 0 saturated heterocycles.